The Labute approximate surface area is 113 Å². The number of nitrogens with one attached hydrogen (secondary N) is 1. The Morgan fingerprint density at radius 1 is 1.21 bits per heavy atom. The Morgan fingerprint density at radius 3 is 2.47 bits per heavy atom. The summed E-state index contributed by atoms with van der Waals surface area (Å²) >= 11 is 0. The zero-order valence-corrected chi connectivity index (χ0v) is 11.8. The van der Waals surface area contributed by atoms with Crippen molar-refractivity contribution < 1.29 is 13.7 Å². The summed E-state index contributed by atoms with van der Waals surface area (Å²) in [5.41, 5.74) is 1.71. The minimum atomic E-state index is -0.459. The molecule has 0 radical (unpaired) electrons. The Hall–Kier alpha value is -1.07. The second-order valence-electron chi connectivity index (χ2n) is 6.32. The molecule has 0 saturated carbocycles. The number of halogens is 1. The van der Waals surface area contributed by atoms with Gasteiger partial charge < -0.3 is 14.6 Å². The normalized spacial score (nSPS) is 27.9. The molecule has 1 saturated heterocycles. The van der Waals surface area contributed by atoms with Gasteiger partial charge in [0.2, 0.25) is 0 Å². The summed E-state index contributed by atoms with van der Waals surface area (Å²) in [6.07, 6.45) is 4.26. The van der Waals surface area contributed by atoms with Crippen LogP contribution in [0.4, 0.5) is 4.39 Å². The van der Waals surface area contributed by atoms with Gasteiger partial charge in [-0.25, -0.2) is 4.39 Å². The maximum Gasteiger partial charge on any atom is 0.491 e. The monoisotopic (exact) mass is 263 g/mol. The van der Waals surface area contributed by atoms with E-state index >= 15 is 0 Å². The van der Waals surface area contributed by atoms with Gasteiger partial charge in [-0.15, -0.1) is 0 Å². The number of rotatable bonds is 1. The van der Waals surface area contributed by atoms with Gasteiger partial charge >= 0.3 is 7.12 Å². The van der Waals surface area contributed by atoms with Crippen LogP contribution in [0.15, 0.2) is 34.7 Å². The Morgan fingerprint density at radius 2 is 1.84 bits per heavy atom. The molecule has 0 spiro atoms. The summed E-state index contributed by atoms with van der Waals surface area (Å²) in [6.45, 7) is 8.71. The van der Waals surface area contributed by atoms with Crippen LogP contribution in [0.5, 0.6) is 0 Å². The minimum Gasteiger partial charge on any atom is -0.400 e. The van der Waals surface area contributed by atoms with E-state index in [0.29, 0.717) is 18.7 Å². The van der Waals surface area contributed by atoms with Crippen molar-refractivity contribution in [3.05, 3.63) is 34.7 Å². The Kier molecular flexibility index (Phi) is 2.70. The molecule has 1 N–H and O–H groups in total. The largest absolute Gasteiger partial charge is 0.491 e. The standard InChI is InChI=1S/C14H19BFNO2/c1-13(2)14(3,4)19-15(18-13)10-7-9-5-6-17-12(9)11(16)8-10/h5,8,17H,6-7H2,1-4H3. The molecule has 1 fully saturated rings. The lowest BCUT2D eigenvalue weighted by molar-refractivity contribution is 0.00578. The summed E-state index contributed by atoms with van der Waals surface area (Å²) in [5.74, 6) is -0.222. The van der Waals surface area contributed by atoms with Gasteiger partial charge in [-0.2, -0.15) is 0 Å². The average Bonchev–Trinajstić information content (AvgIpc) is 2.82. The van der Waals surface area contributed by atoms with Crippen LogP contribution in [0, 0.1) is 0 Å². The molecule has 2 heterocycles. The Balaban J connectivity index is 1.88. The van der Waals surface area contributed by atoms with Crippen LogP contribution in [-0.4, -0.2) is 24.9 Å². The van der Waals surface area contributed by atoms with Gasteiger partial charge in [-0.1, -0.05) is 6.08 Å². The first-order chi connectivity index (χ1) is 8.80. The first kappa shape index (κ1) is 12.9. The third kappa shape index (κ3) is 1.96. The van der Waals surface area contributed by atoms with Gasteiger partial charge in [-0.3, -0.25) is 0 Å². The summed E-state index contributed by atoms with van der Waals surface area (Å²) < 4.78 is 26.0. The predicted molar refractivity (Wildman–Crippen MR) is 73.0 cm³/mol. The fourth-order valence-electron chi connectivity index (χ4n) is 2.54. The highest BCUT2D eigenvalue weighted by Crippen LogP contribution is 2.41. The molecule has 3 rings (SSSR count). The molecule has 5 heteroatoms. The molecular weight excluding hydrogens is 244 g/mol. The quantitative estimate of drug-likeness (QED) is 0.738. The van der Waals surface area contributed by atoms with E-state index in [9.17, 15) is 4.39 Å². The molecule has 0 aromatic heterocycles. The first-order valence-corrected chi connectivity index (χ1v) is 6.69. The van der Waals surface area contributed by atoms with E-state index in [1.807, 2.05) is 33.8 Å². The first-order valence-electron chi connectivity index (χ1n) is 6.69. The zero-order valence-electron chi connectivity index (χ0n) is 11.8. The number of allylic oxidation sites excluding steroid dienone is 4. The third-order valence-corrected chi connectivity index (χ3v) is 4.45. The predicted octanol–water partition coefficient (Wildman–Crippen LogP) is 2.66. The molecule has 2 aliphatic heterocycles. The molecule has 0 atom stereocenters. The third-order valence-electron chi connectivity index (χ3n) is 4.45. The molecule has 0 aromatic rings. The van der Waals surface area contributed by atoms with E-state index in [1.54, 1.807) is 6.08 Å². The molecule has 0 unspecified atom stereocenters. The lowest BCUT2D eigenvalue weighted by Gasteiger charge is -2.32. The molecule has 19 heavy (non-hydrogen) atoms. The van der Waals surface area contributed by atoms with Crippen LogP contribution in [-0.2, 0) is 9.31 Å². The molecule has 0 aromatic carbocycles. The molecule has 102 valence electrons. The molecule has 3 aliphatic rings. The van der Waals surface area contributed by atoms with Crippen LogP contribution in [0.25, 0.3) is 0 Å². The van der Waals surface area contributed by atoms with Crippen molar-refractivity contribution in [2.45, 2.75) is 45.3 Å². The summed E-state index contributed by atoms with van der Waals surface area (Å²) in [6, 6.07) is 0. The SMILES string of the molecule is CC1(C)OB(C2=CC(F)=C3NCC=C3C2)OC1(C)C. The van der Waals surface area contributed by atoms with Gasteiger partial charge in [0.25, 0.3) is 0 Å². The lowest BCUT2D eigenvalue weighted by atomic mass is 9.72. The van der Waals surface area contributed by atoms with Crippen LogP contribution < -0.4 is 5.32 Å². The van der Waals surface area contributed by atoms with E-state index < -0.39 is 7.12 Å². The van der Waals surface area contributed by atoms with Crippen LogP contribution in [0.2, 0.25) is 0 Å². The molecule has 0 bridgehead atoms. The Bertz CT molecular complexity index is 504. The second kappa shape index (κ2) is 3.96. The molecular formula is C14H19BFNO2. The number of hydrogen-bond donors (Lipinski definition) is 1. The van der Waals surface area contributed by atoms with Crippen LogP contribution in [0.3, 0.4) is 0 Å². The lowest BCUT2D eigenvalue weighted by Crippen LogP contribution is -2.41. The summed E-state index contributed by atoms with van der Waals surface area (Å²) in [7, 11) is -0.459. The molecule has 1 aliphatic carbocycles. The highest BCUT2D eigenvalue weighted by Gasteiger charge is 2.52. The molecule has 0 amide bonds. The van der Waals surface area contributed by atoms with Crippen molar-refractivity contribution in [3.8, 4) is 0 Å². The fourth-order valence-corrected chi connectivity index (χ4v) is 2.54. The van der Waals surface area contributed by atoms with Crippen molar-refractivity contribution in [1.29, 1.82) is 0 Å². The van der Waals surface area contributed by atoms with Gasteiger partial charge in [0.05, 0.1) is 16.9 Å². The van der Waals surface area contributed by atoms with E-state index in [0.717, 1.165) is 11.0 Å². The zero-order chi connectivity index (χ0) is 13.8. The van der Waals surface area contributed by atoms with Gasteiger partial charge in [0.15, 0.2) is 0 Å². The van der Waals surface area contributed by atoms with Crippen LogP contribution in [0.1, 0.15) is 34.1 Å². The number of hydrogen-bond acceptors (Lipinski definition) is 3. The minimum absolute atomic E-state index is 0.222. The van der Waals surface area contributed by atoms with E-state index in [1.165, 1.54) is 0 Å². The van der Waals surface area contributed by atoms with Crippen molar-refractivity contribution in [1.82, 2.24) is 5.32 Å². The van der Waals surface area contributed by atoms with Gasteiger partial charge in [-0.05, 0) is 51.2 Å². The van der Waals surface area contributed by atoms with Crippen molar-refractivity contribution in [2.24, 2.45) is 0 Å². The fraction of sp³-hybridized carbons (Fsp3) is 0.571. The van der Waals surface area contributed by atoms with Gasteiger partial charge in [0, 0.05) is 6.54 Å². The van der Waals surface area contributed by atoms with Crippen molar-refractivity contribution in [3.63, 3.8) is 0 Å². The van der Waals surface area contributed by atoms with E-state index in [-0.39, 0.29) is 17.0 Å². The van der Waals surface area contributed by atoms with E-state index in [4.69, 9.17) is 9.31 Å². The topological polar surface area (TPSA) is 30.5 Å². The average molecular weight is 263 g/mol. The van der Waals surface area contributed by atoms with Crippen LogP contribution >= 0.6 is 0 Å². The smallest absolute Gasteiger partial charge is 0.400 e. The molecule has 3 nitrogen and oxygen atoms in total. The van der Waals surface area contributed by atoms with E-state index in [2.05, 4.69) is 5.32 Å². The maximum atomic E-state index is 14.0. The summed E-state index contributed by atoms with van der Waals surface area (Å²) in [5, 5.41) is 3.04. The highest BCUT2D eigenvalue weighted by atomic mass is 19.1. The van der Waals surface area contributed by atoms with Crippen molar-refractivity contribution >= 4 is 7.12 Å². The second-order valence-corrected chi connectivity index (χ2v) is 6.32. The summed E-state index contributed by atoms with van der Waals surface area (Å²) in [4.78, 5) is 0. The highest BCUT2D eigenvalue weighted by molar-refractivity contribution is 6.54. The maximum absolute atomic E-state index is 14.0. The van der Waals surface area contributed by atoms with Crippen molar-refractivity contribution in [2.75, 3.05) is 6.54 Å². The van der Waals surface area contributed by atoms with Gasteiger partial charge in [0.1, 0.15) is 5.83 Å². The number of fused-ring (bicyclic) bond motifs is 1.